The van der Waals surface area contributed by atoms with Crippen LogP contribution in [0.2, 0.25) is 0 Å². The second kappa shape index (κ2) is 8.26. The number of aryl methyl sites for hydroxylation is 1. The third kappa shape index (κ3) is 4.91. The first kappa shape index (κ1) is 17.7. The molecule has 0 aliphatic carbocycles. The molecule has 2 aromatic heterocycles. The minimum Gasteiger partial charge on any atom is -0.440 e. The number of nitrogens with one attached hydrogen (secondary N) is 1. The van der Waals surface area contributed by atoms with Crippen LogP contribution in [0.25, 0.3) is 10.8 Å². The van der Waals surface area contributed by atoms with Crippen LogP contribution in [-0.2, 0) is 11.2 Å². The summed E-state index contributed by atoms with van der Waals surface area (Å²) < 4.78 is 5.66. The molecule has 1 amide bonds. The lowest BCUT2D eigenvalue weighted by Crippen LogP contribution is -2.37. The summed E-state index contributed by atoms with van der Waals surface area (Å²) in [4.78, 5) is 19.8. The Labute approximate surface area is 141 Å². The Morgan fingerprint density at radius 1 is 1.52 bits per heavy atom. The number of carbonyl (C=O) groups is 1. The first-order chi connectivity index (χ1) is 11.0. The van der Waals surface area contributed by atoms with Gasteiger partial charge in [-0.2, -0.15) is 0 Å². The number of likely N-dealkylation sites (N-methyl/N-ethyl adjacent to an activating group) is 1. The van der Waals surface area contributed by atoms with Crippen molar-refractivity contribution in [2.75, 3.05) is 20.1 Å². The van der Waals surface area contributed by atoms with E-state index in [1.807, 2.05) is 24.4 Å². The Hall–Kier alpha value is -1.66. The molecule has 0 bridgehead atoms. The lowest BCUT2D eigenvalue weighted by atomic mass is 10.2. The van der Waals surface area contributed by atoms with E-state index < -0.39 is 0 Å². The molecule has 1 atom stereocenters. The fourth-order valence-electron chi connectivity index (χ4n) is 2.22. The van der Waals surface area contributed by atoms with Crippen LogP contribution in [0.1, 0.15) is 31.7 Å². The van der Waals surface area contributed by atoms with Crippen LogP contribution in [0.4, 0.5) is 0 Å². The average molecular weight is 335 g/mol. The summed E-state index contributed by atoms with van der Waals surface area (Å²) in [6.07, 6.45) is 1.36. The second-order valence-corrected chi connectivity index (χ2v) is 6.71. The molecule has 6 heteroatoms. The molecule has 0 aliphatic heterocycles. The number of aromatic nitrogens is 1. The van der Waals surface area contributed by atoms with Gasteiger partial charge in [0.1, 0.15) is 5.76 Å². The summed E-state index contributed by atoms with van der Waals surface area (Å²) in [6.45, 7) is 7.70. The highest BCUT2D eigenvalue weighted by Crippen LogP contribution is 2.25. The van der Waals surface area contributed by atoms with E-state index in [4.69, 9.17) is 4.42 Å². The van der Waals surface area contributed by atoms with Crippen molar-refractivity contribution in [1.82, 2.24) is 15.2 Å². The maximum absolute atomic E-state index is 12.1. The highest BCUT2D eigenvalue weighted by Gasteiger charge is 2.15. The molecule has 2 rings (SSSR count). The highest BCUT2D eigenvalue weighted by molar-refractivity contribution is 7.13. The van der Waals surface area contributed by atoms with Crippen molar-refractivity contribution in [2.24, 2.45) is 0 Å². The van der Waals surface area contributed by atoms with E-state index in [0.717, 1.165) is 17.8 Å². The molecule has 0 unspecified atom stereocenters. The predicted molar refractivity (Wildman–Crippen MR) is 93.6 cm³/mol. The van der Waals surface area contributed by atoms with E-state index in [2.05, 4.69) is 36.1 Å². The summed E-state index contributed by atoms with van der Waals surface area (Å²) >= 11 is 1.58. The van der Waals surface area contributed by atoms with Gasteiger partial charge < -0.3 is 14.6 Å². The maximum atomic E-state index is 12.1. The van der Waals surface area contributed by atoms with Crippen molar-refractivity contribution in [3.8, 4) is 10.8 Å². The average Bonchev–Trinajstić information content (AvgIpc) is 3.16. The second-order valence-electron chi connectivity index (χ2n) is 5.76. The van der Waals surface area contributed by atoms with E-state index >= 15 is 0 Å². The van der Waals surface area contributed by atoms with Gasteiger partial charge in [0, 0.05) is 19.1 Å². The Balaban J connectivity index is 1.84. The van der Waals surface area contributed by atoms with Gasteiger partial charge in [0.2, 0.25) is 11.8 Å². The highest BCUT2D eigenvalue weighted by atomic mass is 32.1. The van der Waals surface area contributed by atoms with Crippen molar-refractivity contribution >= 4 is 17.2 Å². The topological polar surface area (TPSA) is 58.4 Å². The van der Waals surface area contributed by atoms with E-state index in [1.54, 1.807) is 11.3 Å². The molecule has 0 aliphatic rings. The molecule has 0 saturated heterocycles. The number of rotatable bonds is 8. The lowest BCUT2D eigenvalue weighted by Gasteiger charge is -2.23. The van der Waals surface area contributed by atoms with Gasteiger partial charge in [0.05, 0.1) is 17.0 Å². The number of carbonyl (C=O) groups excluding carboxylic acids is 1. The molecule has 23 heavy (non-hydrogen) atoms. The monoisotopic (exact) mass is 335 g/mol. The molecular weight excluding hydrogens is 310 g/mol. The molecule has 5 nitrogen and oxygen atoms in total. The van der Waals surface area contributed by atoms with Crippen molar-refractivity contribution in [1.29, 1.82) is 0 Å². The lowest BCUT2D eigenvalue weighted by molar-refractivity contribution is -0.120. The molecule has 1 N–H and O–H groups in total. The summed E-state index contributed by atoms with van der Waals surface area (Å²) in [5, 5.41) is 4.93. The minimum atomic E-state index is -0.0170. The summed E-state index contributed by atoms with van der Waals surface area (Å²) in [7, 11) is 2.08. The van der Waals surface area contributed by atoms with E-state index in [-0.39, 0.29) is 12.3 Å². The molecule has 126 valence electrons. The van der Waals surface area contributed by atoms with E-state index in [0.29, 0.717) is 29.9 Å². The van der Waals surface area contributed by atoms with Crippen molar-refractivity contribution in [2.45, 2.75) is 39.7 Å². The van der Waals surface area contributed by atoms with Gasteiger partial charge in [-0.05, 0) is 38.8 Å². The number of nitrogens with zero attached hydrogens (tertiary/aromatic N) is 2. The zero-order valence-electron chi connectivity index (χ0n) is 14.3. The Bertz CT molecular complexity index is 622. The first-order valence-corrected chi connectivity index (χ1v) is 8.86. The summed E-state index contributed by atoms with van der Waals surface area (Å²) in [6, 6.07) is 4.45. The van der Waals surface area contributed by atoms with Gasteiger partial charge in [-0.25, -0.2) is 4.98 Å². The van der Waals surface area contributed by atoms with Crippen LogP contribution in [0, 0.1) is 6.92 Å². The molecule has 2 heterocycles. The smallest absolute Gasteiger partial charge is 0.236 e. The van der Waals surface area contributed by atoms with E-state index in [1.165, 1.54) is 0 Å². The van der Waals surface area contributed by atoms with Crippen LogP contribution in [0.15, 0.2) is 21.9 Å². The van der Waals surface area contributed by atoms with E-state index in [9.17, 15) is 4.79 Å². The van der Waals surface area contributed by atoms with Crippen molar-refractivity contribution in [3.05, 3.63) is 29.0 Å². The van der Waals surface area contributed by atoms with Gasteiger partial charge >= 0.3 is 0 Å². The molecule has 0 aromatic carbocycles. The number of hydrogen-bond donors (Lipinski definition) is 1. The Kier molecular flexibility index (Phi) is 6.36. The van der Waals surface area contributed by atoms with Gasteiger partial charge in [-0.15, -0.1) is 11.3 Å². The first-order valence-electron chi connectivity index (χ1n) is 7.98. The van der Waals surface area contributed by atoms with Crippen LogP contribution >= 0.6 is 11.3 Å². The Morgan fingerprint density at radius 3 is 2.96 bits per heavy atom. The number of oxazole rings is 1. The third-order valence-electron chi connectivity index (χ3n) is 4.08. The van der Waals surface area contributed by atoms with Gasteiger partial charge in [-0.3, -0.25) is 4.79 Å². The summed E-state index contributed by atoms with van der Waals surface area (Å²) in [5.41, 5.74) is 0.709. The van der Waals surface area contributed by atoms with Gasteiger partial charge in [-0.1, -0.05) is 13.0 Å². The van der Waals surface area contributed by atoms with Gasteiger partial charge in [0.15, 0.2) is 0 Å². The molecule has 0 spiro atoms. The van der Waals surface area contributed by atoms with Crippen LogP contribution < -0.4 is 5.32 Å². The van der Waals surface area contributed by atoms with Crippen molar-refractivity contribution < 1.29 is 9.21 Å². The summed E-state index contributed by atoms with van der Waals surface area (Å²) in [5.74, 6) is 1.29. The Morgan fingerprint density at radius 2 is 2.30 bits per heavy atom. The fourth-order valence-corrected chi connectivity index (χ4v) is 2.87. The van der Waals surface area contributed by atoms with Crippen LogP contribution in [-0.4, -0.2) is 42.0 Å². The minimum absolute atomic E-state index is 0.0170. The maximum Gasteiger partial charge on any atom is 0.236 e. The van der Waals surface area contributed by atoms with Crippen LogP contribution in [0.3, 0.4) is 0 Å². The quantitative estimate of drug-likeness (QED) is 0.805. The number of hydrogen-bond acceptors (Lipinski definition) is 5. The standard InChI is InChI=1S/C17H25N3O2S/c1-5-12(2)20(4)9-8-18-16(21)11-14-13(3)22-17(19-14)15-7-6-10-23-15/h6-7,10,12H,5,8-9,11H2,1-4H3,(H,18,21)/t12-/m0/s1. The zero-order valence-corrected chi connectivity index (χ0v) is 15.1. The molecule has 2 aromatic rings. The number of thiophene rings is 1. The molecule has 0 radical (unpaired) electrons. The third-order valence-corrected chi connectivity index (χ3v) is 4.94. The number of amides is 1. The molecular formula is C17H25N3O2S. The fraction of sp³-hybridized carbons (Fsp3) is 0.529. The van der Waals surface area contributed by atoms with Crippen LogP contribution in [0.5, 0.6) is 0 Å². The van der Waals surface area contributed by atoms with Crippen molar-refractivity contribution in [3.63, 3.8) is 0 Å². The predicted octanol–water partition coefficient (Wildman–Crippen LogP) is 3.10. The molecule has 0 saturated carbocycles. The van der Waals surface area contributed by atoms with Gasteiger partial charge in [0.25, 0.3) is 0 Å². The largest absolute Gasteiger partial charge is 0.440 e. The SMILES string of the molecule is CC[C@H](C)N(C)CCNC(=O)Cc1nc(-c2cccs2)oc1C. The zero-order chi connectivity index (χ0) is 16.8. The normalized spacial score (nSPS) is 12.6. The molecule has 0 fully saturated rings.